The Kier molecular flexibility index (Phi) is 2.23. The largest absolute Gasteiger partial charge is 0.264 e. The van der Waals surface area contributed by atoms with Gasteiger partial charge in [-0.1, -0.05) is 17.7 Å². The van der Waals surface area contributed by atoms with Gasteiger partial charge in [0.05, 0.1) is 5.02 Å². The predicted molar refractivity (Wildman–Crippen MR) is 52.5 cm³/mol. The fourth-order valence-corrected chi connectivity index (χ4v) is 1.36. The van der Waals surface area contributed by atoms with Crippen molar-refractivity contribution < 1.29 is 0 Å². The molecule has 2 heterocycles. The Morgan fingerprint density at radius 3 is 2.54 bits per heavy atom. The second kappa shape index (κ2) is 3.54. The Morgan fingerprint density at radius 2 is 1.85 bits per heavy atom. The van der Waals surface area contributed by atoms with Crippen molar-refractivity contribution >= 4 is 11.6 Å². The van der Waals surface area contributed by atoms with Crippen molar-refractivity contribution in [3.05, 3.63) is 48.0 Å². The van der Waals surface area contributed by atoms with Gasteiger partial charge in [-0.05, 0) is 12.1 Å². The zero-order chi connectivity index (χ0) is 9.10. The Hall–Kier alpha value is -1.41. The predicted octanol–water partition coefficient (Wildman–Crippen LogP) is 2.80. The summed E-state index contributed by atoms with van der Waals surface area (Å²) < 4.78 is 0. The summed E-state index contributed by atoms with van der Waals surface area (Å²) in [5.74, 6) is 0. The molecule has 0 aliphatic rings. The molecule has 64 valence electrons. The minimum atomic E-state index is 0.649. The number of pyridine rings is 2. The van der Waals surface area contributed by atoms with E-state index >= 15 is 0 Å². The van der Waals surface area contributed by atoms with Crippen LogP contribution in [0.4, 0.5) is 0 Å². The quantitative estimate of drug-likeness (QED) is 0.691. The van der Waals surface area contributed by atoms with Crippen LogP contribution in [0.3, 0.4) is 0 Å². The molecule has 0 amide bonds. The Labute approximate surface area is 81.2 Å². The molecule has 2 rings (SSSR count). The molecule has 2 aromatic heterocycles. The molecule has 0 bridgehead atoms. The van der Waals surface area contributed by atoms with Crippen LogP contribution in [-0.4, -0.2) is 9.97 Å². The minimum Gasteiger partial charge on any atom is -0.264 e. The maximum absolute atomic E-state index is 5.97. The van der Waals surface area contributed by atoms with Gasteiger partial charge in [-0.3, -0.25) is 9.97 Å². The van der Waals surface area contributed by atoms with Crippen molar-refractivity contribution in [1.82, 2.24) is 9.97 Å². The summed E-state index contributed by atoms with van der Waals surface area (Å²) in [7, 11) is 0. The fourth-order valence-electron chi connectivity index (χ4n) is 1.13. The standard InChI is InChI=1S/C10H7ClN2/c11-10-7-13-5-3-9(10)8-2-1-4-12-6-8/h1-7H. The van der Waals surface area contributed by atoms with Crippen LogP contribution in [-0.2, 0) is 0 Å². The van der Waals surface area contributed by atoms with E-state index in [1.807, 2.05) is 18.2 Å². The molecule has 0 saturated carbocycles. The number of hydrogen-bond acceptors (Lipinski definition) is 2. The van der Waals surface area contributed by atoms with Crippen LogP contribution in [0.2, 0.25) is 5.02 Å². The number of aromatic nitrogens is 2. The lowest BCUT2D eigenvalue weighted by Gasteiger charge is -2.01. The highest BCUT2D eigenvalue weighted by Crippen LogP contribution is 2.25. The molecule has 0 aliphatic carbocycles. The first-order valence-electron chi connectivity index (χ1n) is 3.88. The maximum Gasteiger partial charge on any atom is 0.0668 e. The van der Waals surface area contributed by atoms with Crippen molar-refractivity contribution in [3.63, 3.8) is 0 Å². The Morgan fingerprint density at radius 1 is 1.00 bits per heavy atom. The van der Waals surface area contributed by atoms with E-state index in [9.17, 15) is 0 Å². The summed E-state index contributed by atoms with van der Waals surface area (Å²) in [5, 5.41) is 0.649. The first-order chi connectivity index (χ1) is 6.38. The van der Waals surface area contributed by atoms with Crippen LogP contribution < -0.4 is 0 Å². The zero-order valence-corrected chi connectivity index (χ0v) is 7.57. The monoisotopic (exact) mass is 190 g/mol. The molecule has 0 spiro atoms. The van der Waals surface area contributed by atoms with Crippen LogP contribution >= 0.6 is 11.6 Å². The second-order valence-corrected chi connectivity index (χ2v) is 3.00. The van der Waals surface area contributed by atoms with E-state index in [0.29, 0.717) is 5.02 Å². The smallest absolute Gasteiger partial charge is 0.0668 e. The third-order valence-electron chi connectivity index (χ3n) is 1.74. The van der Waals surface area contributed by atoms with Crippen molar-refractivity contribution in [2.45, 2.75) is 0 Å². The summed E-state index contributed by atoms with van der Waals surface area (Å²) in [6.07, 6.45) is 6.86. The van der Waals surface area contributed by atoms with Gasteiger partial charge in [-0.15, -0.1) is 0 Å². The van der Waals surface area contributed by atoms with Crippen molar-refractivity contribution in [1.29, 1.82) is 0 Å². The average molecular weight is 191 g/mol. The molecule has 2 nitrogen and oxygen atoms in total. The summed E-state index contributed by atoms with van der Waals surface area (Å²) in [5.41, 5.74) is 1.97. The lowest BCUT2D eigenvalue weighted by molar-refractivity contribution is 1.30. The van der Waals surface area contributed by atoms with E-state index in [1.165, 1.54) is 0 Å². The minimum absolute atomic E-state index is 0.649. The molecule has 0 unspecified atom stereocenters. The lowest BCUT2D eigenvalue weighted by atomic mass is 10.1. The number of halogens is 1. The van der Waals surface area contributed by atoms with E-state index in [-0.39, 0.29) is 0 Å². The van der Waals surface area contributed by atoms with Gasteiger partial charge in [0, 0.05) is 35.9 Å². The third kappa shape index (κ3) is 1.68. The second-order valence-electron chi connectivity index (χ2n) is 2.60. The highest BCUT2D eigenvalue weighted by atomic mass is 35.5. The van der Waals surface area contributed by atoms with E-state index in [4.69, 9.17) is 11.6 Å². The third-order valence-corrected chi connectivity index (χ3v) is 2.05. The first-order valence-corrected chi connectivity index (χ1v) is 4.25. The van der Waals surface area contributed by atoms with Crippen LogP contribution in [0.1, 0.15) is 0 Å². The number of nitrogens with zero attached hydrogens (tertiary/aromatic N) is 2. The molecule has 0 radical (unpaired) electrons. The van der Waals surface area contributed by atoms with Crippen molar-refractivity contribution in [2.75, 3.05) is 0 Å². The molecular weight excluding hydrogens is 184 g/mol. The summed E-state index contributed by atoms with van der Waals surface area (Å²) in [4.78, 5) is 7.94. The van der Waals surface area contributed by atoms with Gasteiger partial charge in [-0.2, -0.15) is 0 Å². The number of hydrogen-bond donors (Lipinski definition) is 0. The molecule has 3 heteroatoms. The summed E-state index contributed by atoms with van der Waals surface area (Å²) in [6, 6.07) is 5.72. The van der Waals surface area contributed by atoms with Gasteiger partial charge in [0.25, 0.3) is 0 Å². The summed E-state index contributed by atoms with van der Waals surface area (Å²) in [6.45, 7) is 0. The molecule has 0 N–H and O–H groups in total. The molecule has 0 aliphatic heterocycles. The molecular formula is C10H7ClN2. The van der Waals surface area contributed by atoms with Crippen LogP contribution in [0.15, 0.2) is 43.0 Å². The van der Waals surface area contributed by atoms with E-state index in [1.54, 1.807) is 24.8 Å². The summed E-state index contributed by atoms with van der Waals surface area (Å²) >= 11 is 5.97. The van der Waals surface area contributed by atoms with Gasteiger partial charge >= 0.3 is 0 Å². The van der Waals surface area contributed by atoms with Crippen LogP contribution in [0.5, 0.6) is 0 Å². The molecule has 0 aromatic carbocycles. The highest BCUT2D eigenvalue weighted by Gasteiger charge is 2.01. The first kappa shape index (κ1) is 8.20. The van der Waals surface area contributed by atoms with E-state index in [2.05, 4.69) is 9.97 Å². The van der Waals surface area contributed by atoms with Gasteiger partial charge in [0.15, 0.2) is 0 Å². The molecule has 0 fully saturated rings. The average Bonchev–Trinajstić information content (AvgIpc) is 2.20. The highest BCUT2D eigenvalue weighted by molar-refractivity contribution is 6.33. The van der Waals surface area contributed by atoms with Crippen molar-refractivity contribution in [3.8, 4) is 11.1 Å². The molecule has 13 heavy (non-hydrogen) atoms. The molecule has 0 saturated heterocycles. The normalized spacial score (nSPS) is 9.92. The van der Waals surface area contributed by atoms with Gasteiger partial charge in [0.1, 0.15) is 0 Å². The van der Waals surface area contributed by atoms with Crippen LogP contribution in [0, 0.1) is 0 Å². The number of rotatable bonds is 1. The fraction of sp³-hybridized carbons (Fsp3) is 0. The molecule has 0 atom stereocenters. The van der Waals surface area contributed by atoms with Crippen molar-refractivity contribution in [2.24, 2.45) is 0 Å². The molecule has 2 aromatic rings. The zero-order valence-electron chi connectivity index (χ0n) is 6.81. The Bertz CT molecular complexity index is 401. The van der Waals surface area contributed by atoms with Gasteiger partial charge < -0.3 is 0 Å². The topological polar surface area (TPSA) is 25.8 Å². The van der Waals surface area contributed by atoms with Gasteiger partial charge in [0.2, 0.25) is 0 Å². The maximum atomic E-state index is 5.97. The van der Waals surface area contributed by atoms with E-state index < -0.39 is 0 Å². The SMILES string of the molecule is Clc1cnccc1-c1cccnc1. The van der Waals surface area contributed by atoms with Gasteiger partial charge in [-0.25, -0.2) is 0 Å². The lowest BCUT2D eigenvalue weighted by Crippen LogP contribution is -1.81. The van der Waals surface area contributed by atoms with E-state index in [0.717, 1.165) is 11.1 Å². The van der Waals surface area contributed by atoms with Crippen LogP contribution in [0.25, 0.3) is 11.1 Å². The Balaban J connectivity index is 2.54.